The molecule has 0 aliphatic carbocycles. The number of ether oxygens (including phenoxy) is 15. The number of nitrogens with one attached hydrogen (secondary N) is 2. The van der Waals surface area contributed by atoms with Crippen LogP contribution in [-0.4, -0.2) is 217 Å². The molecule has 0 aromatic rings. The lowest BCUT2D eigenvalue weighted by atomic mass is 10.0. The zero-order chi connectivity index (χ0) is 95.8. The van der Waals surface area contributed by atoms with Crippen molar-refractivity contribution in [2.45, 2.75) is 563 Å². The van der Waals surface area contributed by atoms with Gasteiger partial charge in [0, 0.05) is 104 Å². The van der Waals surface area contributed by atoms with Crippen molar-refractivity contribution >= 4 is 33.8 Å². The highest BCUT2D eigenvalue weighted by atomic mass is 79.9. The summed E-state index contributed by atoms with van der Waals surface area (Å²) in [5.41, 5.74) is 5.24. The molecule has 6 rings (SSSR count). The van der Waals surface area contributed by atoms with Gasteiger partial charge >= 0.3 is 17.9 Å². The van der Waals surface area contributed by atoms with E-state index < -0.39 is 0 Å². The maximum atomic E-state index is 13.2. The normalized spacial score (nSPS) is 19.5. The average Bonchev–Trinajstić information content (AvgIpc) is 0.998. The lowest BCUT2D eigenvalue weighted by Gasteiger charge is -2.22. The van der Waals surface area contributed by atoms with Crippen LogP contribution in [0.15, 0.2) is 0 Å². The van der Waals surface area contributed by atoms with E-state index in [0.29, 0.717) is 19.3 Å². The van der Waals surface area contributed by atoms with Crippen molar-refractivity contribution in [3.8, 4) is 0 Å². The summed E-state index contributed by atoms with van der Waals surface area (Å²) in [4.78, 5) is 41.0. The summed E-state index contributed by atoms with van der Waals surface area (Å²) >= 11 is 3.45. The second-order valence-electron chi connectivity index (χ2n) is 40.3. The minimum Gasteiger partial charge on any atom is -0.462 e. The van der Waals surface area contributed by atoms with Crippen molar-refractivity contribution in [2.24, 2.45) is 5.73 Å². The second-order valence-corrected chi connectivity index (χ2v) is 41.1. The third kappa shape index (κ3) is 83.2. The number of halogens is 1. The first-order chi connectivity index (χ1) is 66.7. The van der Waals surface area contributed by atoms with Gasteiger partial charge in [-0.15, -0.1) is 0 Å². The van der Waals surface area contributed by atoms with Crippen molar-refractivity contribution in [3.63, 3.8) is 0 Å². The molecule has 135 heavy (non-hydrogen) atoms. The highest BCUT2D eigenvalue weighted by molar-refractivity contribution is 9.09. The van der Waals surface area contributed by atoms with Gasteiger partial charge in [0.15, 0.2) is 37.7 Å². The summed E-state index contributed by atoms with van der Waals surface area (Å²) < 4.78 is 87.7. The number of hydrogen-bond acceptors (Lipinski definition) is 22. The number of esters is 3. The molecule has 0 aromatic carbocycles. The second kappa shape index (κ2) is 98.3. The van der Waals surface area contributed by atoms with E-state index in [1.54, 1.807) is 0 Å². The Morgan fingerprint density at radius 1 is 0.281 bits per heavy atom. The van der Waals surface area contributed by atoms with Gasteiger partial charge in [0.25, 0.3) is 0 Å². The molecule has 0 bridgehead atoms. The van der Waals surface area contributed by atoms with E-state index in [1.807, 2.05) is 7.05 Å². The number of alkyl halides is 1. The SMILES string of the molecule is CN(CCCCNCCCCC(=O)OC(CCCCCCCCCOC1CCCCO1)CCCCCCCCCOC1CCCCO1)CCCCC(=O)OC(CCCCCCCCCOC1CCCCO1)CCCCCCCCCOC1CCCCO1.CNCCCCN.O=C(CCCCBr)OC(CCCCCCCCCOC1CCCCO1)CCCCCCCCCOC1CCCCO1. The Hall–Kier alpha value is -1.75. The molecule has 23 heteroatoms. The van der Waals surface area contributed by atoms with E-state index in [2.05, 4.69) is 38.5 Å². The van der Waals surface area contributed by atoms with Crippen LogP contribution in [0.1, 0.15) is 507 Å². The Balaban J connectivity index is 0.000000654. The number of carbonyl (C=O) groups is 3. The summed E-state index contributed by atoms with van der Waals surface area (Å²) in [7, 11) is 4.16. The fourth-order valence-corrected chi connectivity index (χ4v) is 19.3. The molecule has 6 heterocycles. The zero-order valence-corrected chi connectivity index (χ0v) is 89.3. The van der Waals surface area contributed by atoms with E-state index in [9.17, 15) is 14.4 Å². The quantitative estimate of drug-likeness (QED) is 0.0222. The molecule has 4 N–H and O–H groups in total. The first-order valence-electron chi connectivity index (χ1n) is 58.0. The van der Waals surface area contributed by atoms with Gasteiger partial charge in [0.1, 0.15) is 18.3 Å². The van der Waals surface area contributed by atoms with E-state index in [4.69, 9.17) is 76.8 Å². The van der Waals surface area contributed by atoms with Crippen molar-refractivity contribution in [1.82, 2.24) is 15.5 Å². The Kier molecular flexibility index (Phi) is 91.4. The Morgan fingerprint density at radius 3 is 0.726 bits per heavy atom. The van der Waals surface area contributed by atoms with Gasteiger partial charge in [0.2, 0.25) is 0 Å². The first kappa shape index (κ1) is 126. The van der Waals surface area contributed by atoms with E-state index >= 15 is 0 Å². The van der Waals surface area contributed by atoms with Crippen molar-refractivity contribution in [3.05, 3.63) is 0 Å². The van der Waals surface area contributed by atoms with Crippen LogP contribution in [0.5, 0.6) is 0 Å². The predicted molar refractivity (Wildman–Crippen MR) is 556 cm³/mol. The highest BCUT2D eigenvalue weighted by Crippen LogP contribution is 2.27. The number of unbranched alkanes of at least 4 members (excludes halogenated alkanes) is 41. The summed E-state index contributed by atoms with van der Waals surface area (Å²) in [6.07, 6.45) is 90.1. The van der Waals surface area contributed by atoms with Crippen LogP contribution in [0.25, 0.3) is 0 Å². The van der Waals surface area contributed by atoms with Crippen LogP contribution in [0, 0.1) is 0 Å². The van der Waals surface area contributed by atoms with Crippen molar-refractivity contribution in [1.29, 1.82) is 0 Å². The monoisotopic (exact) mass is 1980 g/mol. The molecule has 6 unspecified atom stereocenters. The number of hydrogen-bond donors (Lipinski definition) is 3. The fourth-order valence-electron chi connectivity index (χ4n) is 18.9. The first-order valence-corrected chi connectivity index (χ1v) is 59.1. The van der Waals surface area contributed by atoms with Gasteiger partial charge in [-0.2, -0.15) is 0 Å². The summed E-state index contributed by atoms with van der Waals surface area (Å²) in [5, 5.41) is 7.62. The van der Waals surface area contributed by atoms with E-state index in [-0.39, 0.29) is 74.0 Å². The smallest absolute Gasteiger partial charge is 0.306 e. The van der Waals surface area contributed by atoms with Crippen molar-refractivity contribution in [2.75, 3.05) is 138 Å². The number of carbonyl (C=O) groups excluding carboxylic acids is 3. The third-order valence-electron chi connectivity index (χ3n) is 27.5. The highest BCUT2D eigenvalue weighted by Gasteiger charge is 2.23. The van der Waals surface area contributed by atoms with Crippen LogP contribution in [0.3, 0.4) is 0 Å². The molecule has 798 valence electrons. The van der Waals surface area contributed by atoms with Crippen molar-refractivity contribution < 1.29 is 85.4 Å². The number of rotatable bonds is 92. The molecule has 6 saturated heterocycles. The molecule has 6 aliphatic rings. The molecule has 6 aliphatic heterocycles. The maximum Gasteiger partial charge on any atom is 0.306 e. The third-order valence-corrected chi connectivity index (χ3v) is 28.1. The molecule has 0 radical (unpaired) electrons. The minimum atomic E-state index is -0.0113. The Labute approximate surface area is 836 Å². The molecule has 6 atom stereocenters. The van der Waals surface area contributed by atoms with Gasteiger partial charge in [-0.05, 0) is 349 Å². The van der Waals surface area contributed by atoms with E-state index in [1.165, 1.54) is 250 Å². The van der Waals surface area contributed by atoms with Gasteiger partial charge in [-0.1, -0.05) is 209 Å². The van der Waals surface area contributed by atoms with Crippen LogP contribution in [-0.2, 0) is 85.4 Å². The zero-order valence-electron chi connectivity index (χ0n) is 87.7. The minimum absolute atomic E-state index is 0.00218. The van der Waals surface area contributed by atoms with Crippen LogP contribution >= 0.6 is 15.9 Å². The molecule has 0 spiro atoms. The topological polar surface area (TPSA) is 243 Å². The standard InChI is InChI=1S/C73H138N2O12.C34H63BrO6.C5H14N2/c1-75(56-34-27-49-69(77)87-67(46-24-16-8-4-12-20-38-60-80-72-52-30-42-64-84-72)47-25-17-9-5-13-21-39-61-81-73-53-31-43-65-85-73)57-35-33-55-74-54-32-26-48-68(76)86-66(44-22-14-6-2-10-18-36-58-78-70-50-28-40-62-82-70)45-23-15-7-3-11-19-37-59-79-71-51-29-41-63-83-71;35-26-16-13-23-32(36)41-31(21-11-7-3-1-5-9-17-27-37-33-24-14-19-29-39-33)22-12-8-4-2-6-10-18-28-38-34-25-15-20-30-40-34;1-7-5-3-2-4-6/h66-67,70-74H,2-65H2,1H3;31,33-34H,1-30H2;7H,2-6H2,1H3. The summed E-state index contributed by atoms with van der Waals surface area (Å²) in [6.45, 7) is 15.9. The summed E-state index contributed by atoms with van der Waals surface area (Å²) in [5.74, 6) is -0.0195. The maximum absolute atomic E-state index is 13.2. The average molecular weight is 1990 g/mol. The number of nitrogens with zero attached hydrogens (tertiary/aromatic N) is 1. The molecule has 6 fully saturated rings. The molecule has 0 amide bonds. The Morgan fingerprint density at radius 2 is 0.496 bits per heavy atom. The van der Waals surface area contributed by atoms with Gasteiger partial charge < -0.3 is 92.3 Å². The Bertz CT molecular complexity index is 2340. The van der Waals surface area contributed by atoms with E-state index in [0.717, 1.165) is 361 Å². The van der Waals surface area contributed by atoms with Gasteiger partial charge in [0.05, 0.1) is 0 Å². The van der Waals surface area contributed by atoms with Gasteiger partial charge in [-0.25, -0.2) is 0 Å². The fraction of sp³-hybridized carbons (Fsp3) is 0.973. The molecule has 0 aromatic heterocycles. The molecular weight excluding hydrogens is 1770 g/mol. The lowest BCUT2D eigenvalue weighted by Crippen LogP contribution is -2.23. The van der Waals surface area contributed by atoms with Crippen LogP contribution in [0.4, 0.5) is 0 Å². The molecule has 22 nitrogen and oxygen atoms in total. The lowest BCUT2D eigenvalue weighted by molar-refractivity contribution is -0.163. The van der Waals surface area contributed by atoms with Crippen LogP contribution in [0.2, 0.25) is 0 Å². The molecular formula is C112H215BrN4O18. The summed E-state index contributed by atoms with van der Waals surface area (Å²) in [6, 6.07) is 0. The largest absolute Gasteiger partial charge is 0.462 e. The predicted octanol–water partition coefficient (Wildman–Crippen LogP) is 27.8. The number of nitrogens with two attached hydrogens (primary N) is 1. The van der Waals surface area contributed by atoms with Gasteiger partial charge in [-0.3, -0.25) is 14.4 Å². The molecule has 0 saturated carbocycles. The van der Waals surface area contributed by atoms with Crippen LogP contribution < -0.4 is 16.4 Å².